The van der Waals surface area contributed by atoms with Gasteiger partial charge in [-0.25, -0.2) is 0 Å². The number of aliphatic hydroxyl groups excluding tert-OH is 1. The molecule has 17 heavy (non-hydrogen) atoms. The van der Waals surface area contributed by atoms with Gasteiger partial charge in [-0.05, 0) is 63.2 Å². The number of aliphatic hydroxyl groups is 1. The fourth-order valence-corrected chi connectivity index (χ4v) is 1.72. The molecule has 0 bridgehead atoms. The summed E-state index contributed by atoms with van der Waals surface area (Å²) in [6.07, 6.45) is 0. The summed E-state index contributed by atoms with van der Waals surface area (Å²) in [6.45, 7) is 7.95. The van der Waals surface area contributed by atoms with Crippen molar-refractivity contribution in [1.82, 2.24) is 5.32 Å². The lowest BCUT2D eigenvalue weighted by Crippen LogP contribution is -2.47. The number of hydrogen-bond donors (Lipinski definition) is 3. The van der Waals surface area contributed by atoms with Crippen LogP contribution in [-0.2, 0) is 0 Å². The Hall–Kier alpha value is -1.13. The van der Waals surface area contributed by atoms with Crippen LogP contribution in [0.2, 0.25) is 0 Å². The summed E-state index contributed by atoms with van der Waals surface area (Å²) in [5.74, 6) is 0. The van der Waals surface area contributed by atoms with Gasteiger partial charge in [0.15, 0.2) is 5.11 Å². The quantitative estimate of drug-likeness (QED) is 0.723. The van der Waals surface area contributed by atoms with Gasteiger partial charge in [0.25, 0.3) is 0 Å². The number of thiocarbonyl (C=S) groups is 1. The average molecular weight is 252 g/mol. The summed E-state index contributed by atoms with van der Waals surface area (Å²) in [5.41, 5.74) is 3.02. The van der Waals surface area contributed by atoms with E-state index in [1.54, 1.807) is 0 Å². The highest BCUT2D eigenvalue weighted by atomic mass is 32.1. The molecule has 0 heterocycles. The van der Waals surface area contributed by atoms with Crippen molar-refractivity contribution in [2.24, 2.45) is 0 Å². The molecule has 0 spiro atoms. The van der Waals surface area contributed by atoms with Gasteiger partial charge in [0.2, 0.25) is 0 Å². The standard InChI is InChI=1S/C13H20N2OS/c1-9-5-6-11(7-10(9)2)14-12(17)15-13(3,4)8-16/h5-7,16H,8H2,1-4H3,(H2,14,15,17). The summed E-state index contributed by atoms with van der Waals surface area (Å²) in [6, 6.07) is 6.09. The minimum Gasteiger partial charge on any atom is -0.394 e. The van der Waals surface area contributed by atoms with E-state index in [9.17, 15) is 0 Å². The molecule has 0 radical (unpaired) electrons. The smallest absolute Gasteiger partial charge is 0.171 e. The van der Waals surface area contributed by atoms with Crippen LogP contribution in [0.15, 0.2) is 18.2 Å². The van der Waals surface area contributed by atoms with E-state index >= 15 is 0 Å². The maximum absolute atomic E-state index is 9.14. The van der Waals surface area contributed by atoms with Gasteiger partial charge in [-0.1, -0.05) is 6.07 Å². The first kappa shape index (κ1) is 13.9. The predicted molar refractivity (Wildman–Crippen MR) is 76.4 cm³/mol. The molecular formula is C13H20N2OS. The van der Waals surface area contributed by atoms with Gasteiger partial charge in [0, 0.05) is 5.69 Å². The highest BCUT2D eigenvalue weighted by Gasteiger charge is 2.16. The molecule has 0 aliphatic carbocycles. The van der Waals surface area contributed by atoms with Crippen molar-refractivity contribution in [1.29, 1.82) is 0 Å². The van der Waals surface area contributed by atoms with Gasteiger partial charge >= 0.3 is 0 Å². The van der Waals surface area contributed by atoms with E-state index in [0.717, 1.165) is 5.69 Å². The van der Waals surface area contributed by atoms with Crippen molar-refractivity contribution in [3.63, 3.8) is 0 Å². The zero-order chi connectivity index (χ0) is 13.1. The van der Waals surface area contributed by atoms with Gasteiger partial charge in [-0.15, -0.1) is 0 Å². The minimum absolute atomic E-state index is 0.0295. The molecule has 0 amide bonds. The first-order valence-corrected chi connectivity index (χ1v) is 6.02. The Bertz CT molecular complexity index is 416. The molecule has 0 aliphatic heterocycles. The zero-order valence-corrected chi connectivity index (χ0v) is 11.6. The molecule has 0 unspecified atom stereocenters. The topological polar surface area (TPSA) is 44.3 Å². The number of nitrogens with one attached hydrogen (secondary N) is 2. The van der Waals surface area contributed by atoms with Crippen molar-refractivity contribution in [3.8, 4) is 0 Å². The van der Waals surface area contributed by atoms with Gasteiger partial charge in [-0.2, -0.15) is 0 Å². The Kier molecular flexibility index (Phi) is 4.48. The lowest BCUT2D eigenvalue weighted by molar-refractivity contribution is 0.207. The monoisotopic (exact) mass is 252 g/mol. The van der Waals surface area contributed by atoms with Crippen LogP contribution in [-0.4, -0.2) is 22.4 Å². The molecule has 0 saturated carbocycles. The molecule has 1 aromatic carbocycles. The van der Waals surface area contributed by atoms with E-state index in [1.165, 1.54) is 11.1 Å². The van der Waals surface area contributed by atoms with Crippen LogP contribution in [0.5, 0.6) is 0 Å². The van der Waals surface area contributed by atoms with Crippen molar-refractivity contribution >= 4 is 23.0 Å². The predicted octanol–water partition coefficient (Wildman–Crippen LogP) is 2.36. The summed E-state index contributed by atoms with van der Waals surface area (Å²) < 4.78 is 0. The second-order valence-electron chi connectivity index (χ2n) is 4.92. The summed E-state index contributed by atoms with van der Waals surface area (Å²) in [5, 5.41) is 15.8. The van der Waals surface area contributed by atoms with E-state index in [2.05, 4.69) is 36.6 Å². The van der Waals surface area contributed by atoms with Crippen LogP contribution < -0.4 is 10.6 Å². The van der Waals surface area contributed by atoms with Crippen molar-refractivity contribution < 1.29 is 5.11 Å². The first-order chi connectivity index (χ1) is 7.84. The van der Waals surface area contributed by atoms with Gasteiger partial charge < -0.3 is 15.7 Å². The van der Waals surface area contributed by atoms with Crippen LogP contribution in [0.25, 0.3) is 0 Å². The summed E-state index contributed by atoms with van der Waals surface area (Å²) in [7, 11) is 0. The van der Waals surface area contributed by atoms with E-state index < -0.39 is 5.54 Å². The third kappa shape index (κ3) is 4.32. The van der Waals surface area contributed by atoms with Crippen molar-refractivity contribution in [2.45, 2.75) is 33.2 Å². The van der Waals surface area contributed by atoms with Crippen LogP contribution in [0.1, 0.15) is 25.0 Å². The van der Waals surface area contributed by atoms with Gasteiger partial charge in [0.1, 0.15) is 0 Å². The van der Waals surface area contributed by atoms with Crippen LogP contribution >= 0.6 is 12.2 Å². The molecule has 3 N–H and O–H groups in total. The Balaban J connectivity index is 2.65. The summed E-state index contributed by atoms with van der Waals surface area (Å²) >= 11 is 5.19. The second-order valence-corrected chi connectivity index (χ2v) is 5.33. The fourth-order valence-electron chi connectivity index (χ4n) is 1.33. The Morgan fingerprint density at radius 2 is 1.94 bits per heavy atom. The number of hydrogen-bond acceptors (Lipinski definition) is 2. The largest absolute Gasteiger partial charge is 0.394 e. The normalized spacial score (nSPS) is 11.1. The first-order valence-electron chi connectivity index (χ1n) is 5.61. The number of benzene rings is 1. The molecule has 1 aromatic rings. The molecule has 0 aliphatic rings. The molecule has 0 saturated heterocycles. The molecule has 94 valence electrons. The summed E-state index contributed by atoms with van der Waals surface area (Å²) in [4.78, 5) is 0. The number of rotatable bonds is 3. The Labute approximate surface area is 108 Å². The molecule has 0 aromatic heterocycles. The number of anilines is 1. The van der Waals surface area contributed by atoms with Crippen LogP contribution in [0.3, 0.4) is 0 Å². The van der Waals surface area contributed by atoms with E-state index in [1.807, 2.05) is 19.9 Å². The lowest BCUT2D eigenvalue weighted by atomic mass is 10.1. The van der Waals surface area contributed by atoms with Crippen molar-refractivity contribution in [3.05, 3.63) is 29.3 Å². The van der Waals surface area contributed by atoms with E-state index in [0.29, 0.717) is 5.11 Å². The maximum atomic E-state index is 9.14. The maximum Gasteiger partial charge on any atom is 0.171 e. The molecular weight excluding hydrogens is 232 g/mol. The number of aryl methyl sites for hydroxylation is 2. The van der Waals surface area contributed by atoms with Crippen LogP contribution in [0, 0.1) is 13.8 Å². The molecule has 1 rings (SSSR count). The van der Waals surface area contributed by atoms with Crippen LogP contribution in [0.4, 0.5) is 5.69 Å². The SMILES string of the molecule is Cc1ccc(NC(=S)NC(C)(C)CO)cc1C. The highest BCUT2D eigenvalue weighted by Crippen LogP contribution is 2.14. The lowest BCUT2D eigenvalue weighted by Gasteiger charge is -2.25. The second kappa shape index (κ2) is 5.47. The average Bonchev–Trinajstić information content (AvgIpc) is 2.23. The van der Waals surface area contributed by atoms with Gasteiger partial charge in [0.05, 0.1) is 12.1 Å². The molecule has 4 heteroatoms. The Morgan fingerprint density at radius 1 is 1.29 bits per heavy atom. The molecule has 0 atom stereocenters. The third-order valence-electron chi connectivity index (χ3n) is 2.61. The van der Waals surface area contributed by atoms with Gasteiger partial charge in [-0.3, -0.25) is 0 Å². The zero-order valence-electron chi connectivity index (χ0n) is 10.8. The Morgan fingerprint density at radius 3 is 2.47 bits per heavy atom. The van der Waals surface area contributed by atoms with Crippen molar-refractivity contribution in [2.75, 3.05) is 11.9 Å². The fraction of sp³-hybridized carbons (Fsp3) is 0.462. The molecule has 3 nitrogen and oxygen atoms in total. The minimum atomic E-state index is -0.413. The third-order valence-corrected chi connectivity index (χ3v) is 2.82. The molecule has 0 fully saturated rings. The van der Waals surface area contributed by atoms with E-state index in [-0.39, 0.29) is 6.61 Å². The highest BCUT2D eigenvalue weighted by molar-refractivity contribution is 7.80. The van der Waals surface area contributed by atoms with E-state index in [4.69, 9.17) is 17.3 Å².